The van der Waals surface area contributed by atoms with E-state index < -0.39 is 0 Å². The minimum atomic E-state index is -0.382. The van der Waals surface area contributed by atoms with E-state index in [-0.39, 0.29) is 24.2 Å². The van der Waals surface area contributed by atoms with Crippen molar-refractivity contribution in [2.75, 3.05) is 13.1 Å². The fourth-order valence-corrected chi connectivity index (χ4v) is 4.06. The monoisotopic (exact) mass is 422 g/mol. The molecule has 2 amide bonds. The summed E-state index contributed by atoms with van der Waals surface area (Å²) in [5.41, 5.74) is 2.16. The van der Waals surface area contributed by atoms with Crippen LogP contribution in [0.25, 0.3) is 11.0 Å². The molecule has 7 heteroatoms. The lowest BCUT2D eigenvalue weighted by molar-refractivity contribution is -0.131. The van der Waals surface area contributed by atoms with E-state index in [1.54, 1.807) is 0 Å². The Balaban J connectivity index is 1.47. The molecule has 31 heavy (non-hydrogen) atoms. The molecule has 1 fully saturated rings. The van der Waals surface area contributed by atoms with Gasteiger partial charge in [0.05, 0.1) is 17.6 Å². The number of para-hydroxylation sites is 2. The topological polar surface area (TPSA) is 67.2 Å². The highest BCUT2D eigenvalue weighted by Crippen LogP contribution is 2.18. The van der Waals surface area contributed by atoms with Gasteiger partial charge in [-0.3, -0.25) is 9.59 Å². The van der Waals surface area contributed by atoms with Crippen LogP contribution in [0.4, 0.5) is 4.39 Å². The van der Waals surface area contributed by atoms with Crippen LogP contribution in [0.2, 0.25) is 0 Å². The summed E-state index contributed by atoms with van der Waals surface area (Å²) in [5, 5.41) is 2.86. The number of imidazole rings is 1. The number of likely N-dealkylation sites (tertiary alicyclic amines) is 1. The van der Waals surface area contributed by atoms with Gasteiger partial charge in [0.2, 0.25) is 5.91 Å². The molecule has 0 bridgehead atoms. The summed E-state index contributed by atoms with van der Waals surface area (Å²) in [6, 6.07) is 13.2. The van der Waals surface area contributed by atoms with Crippen LogP contribution in [0.5, 0.6) is 0 Å². The number of aryl methyl sites for hydroxylation is 1. The standard InChI is InChI=1S/C24H27FN4O2/c25-19-11-9-18(10-12-19)24(31)26-17-22-27-20-7-3-4-8-21(20)29(22)16-13-23(30)28-14-5-1-2-6-15-28/h3-4,7-12H,1-2,5-6,13-17H2,(H,26,31). The molecule has 6 nitrogen and oxygen atoms in total. The number of carbonyl (C=O) groups excluding carboxylic acids is 2. The van der Waals surface area contributed by atoms with E-state index in [2.05, 4.69) is 10.3 Å². The number of hydrogen-bond acceptors (Lipinski definition) is 3. The molecule has 0 unspecified atom stereocenters. The van der Waals surface area contributed by atoms with Crippen molar-refractivity contribution >= 4 is 22.8 Å². The van der Waals surface area contributed by atoms with E-state index in [4.69, 9.17) is 0 Å². The van der Waals surface area contributed by atoms with E-state index in [1.165, 1.54) is 37.1 Å². The predicted octanol–water partition coefficient (Wildman–Crippen LogP) is 3.90. The molecular weight excluding hydrogens is 395 g/mol. The molecule has 1 saturated heterocycles. The number of carbonyl (C=O) groups is 2. The molecule has 1 aliphatic rings. The van der Waals surface area contributed by atoms with Crippen LogP contribution < -0.4 is 5.32 Å². The summed E-state index contributed by atoms with van der Waals surface area (Å²) in [6.45, 7) is 2.41. The Morgan fingerprint density at radius 2 is 1.68 bits per heavy atom. The average Bonchev–Trinajstić information content (AvgIpc) is 2.94. The highest BCUT2D eigenvalue weighted by molar-refractivity contribution is 5.94. The van der Waals surface area contributed by atoms with Crippen molar-refractivity contribution in [3.63, 3.8) is 0 Å². The van der Waals surface area contributed by atoms with Gasteiger partial charge in [0.1, 0.15) is 11.6 Å². The van der Waals surface area contributed by atoms with Crippen LogP contribution in [0.15, 0.2) is 48.5 Å². The third-order valence-corrected chi connectivity index (χ3v) is 5.76. The summed E-state index contributed by atoms with van der Waals surface area (Å²) in [4.78, 5) is 31.8. The zero-order valence-corrected chi connectivity index (χ0v) is 17.5. The van der Waals surface area contributed by atoms with Gasteiger partial charge in [-0.25, -0.2) is 9.37 Å². The van der Waals surface area contributed by atoms with Crippen LogP contribution in [-0.2, 0) is 17.9 Å². The molecule has 2 heterocycles. The van der Waals surface area contributed by atoms with E-state index in [0.29, 0.717) is 24.4 Å². The highest BCUT2D eigenvalue weighted by Gasteiger charge is 2.18. The van der Waals surface area contributed by atoms with Gasteiger partial charge in [-0.2, -0.15) is 0 Å². The number of nitrogens with one attached hydrogen (secondary N) is 1. The minimum Gasteiger partial charge on any atom is -0.345 e. The predicted molar refractivity (Wildman–Crippen MR) is 117 cm³/mol. The van der Waals surface area contributed by atoms with Crippen molar-refractivity contribution in [2.24, 2.45) is 0 Å². The molecule has 1 N–H and O–H groups in total. The van der Waals surface area contributed by atoms with Crippen LogP contribution >= 0.6 is 0 Å². The lowest BCUT2D eigenvalue weighted by Gasteiger charge is -2.20. The number of benzene rings is 2. The maximum atomic E-state index is 13.1. The van der Waals surface area contributed by atoms with Gasteiger partial charge in [-0.1, -0.05) is 25.0 Å². The van der Waals surface area contributed by atoms with Crippen LogP contribution in [0, 0.1) is 5.82 Å². The van der Waals surface area contributed by atoms with E-state index >= 15 is 0 Å². The summed E-state index contributed by atoms with van der Waals surface area (Å²) >= 11 is 0. The third-order valence-electron chi connectivity index (χ3n) is 5.76. The Bertz CT molecular complexity index is 1050. The number of nitrogens with zero attached hydrogens (tertiary/aromatic N) is 3. The smallest absolute Gasteiger partial charge is 0.251 e. The molecule has 1 aromatic heterocycles. The zero-order valence-electron chi connectivity index (χ0n) is 17.5. The Kier molecular flexibility index (Phi) is 6.60. The molecule has 0 aliphatic carbocycles. The lowest BCUT2D eigenvalue weighted by Crippen LogP contribution is -2.32. The Hall–Kier alpha value is -3.22. The largest absolute Gasteiger partial charge is 0.345 e. The van der Waals surface area contributed by atoms with Crippen molar-refractivity contribution in [1.82, 2.24) is 19.8 Å². The highest BCUT2D eigenvalue weighted by atomic mass is 19.1. The van der Waals surface area contributed by atoms with Gasteiger partial charge in [-0.15, -0.1) is 0 Å². The molecule has 0 spiro atoms. The second kappa shape index (κ2) is 9.73. The summed E-state index contributed by atoms with van der Waals surface area (Å²) < 4.78 is 15.1. The van der Waals surface area contributed by atoms with Crippen LogP contribution in [-0.4, -0.2) is 39.4 Å². The molecule has 1 aliphatic heterocycles. The molecule has 0 radical (unpaired) electrons. The number of aromatic nitrogens is 2. The SMILES string of the molecule is O=C(NCc1nc2ccccc2n1CCC(=O)N1CCCCCC1)c1ccc(F)cc1. The summed E-state index contributed by atoms with van der Waals surface area (Å²) in [5.74, 6) is 0.188. The van der Waals surface area contributed by atoms with Gasteiger partial charge >= 0.3 is 0 Å². The normalized spacial score (nSPS) is 14.4. The first-order valence-corrected chi connectivity index (χ1v) is 10.9. The number of rotatable bonds is 6. The molecule has 0 saturated carbocycles. The van der Waals surface area contributed by atoms with Gasteiger partial charge in [0.15, 0.2) is 0 Å². The number of amides is 2. The fraction of sp³-hybridized carbons (Fsp3) is 0.375. The van der Waals surface area contributed by atoms with Crippen molar-refractivity contribution in [2.45, 2.75) is 45.2 Å². The first kappa shape index (κ1) is 21.0. The van der Waals surface area contributed by atoms with Gasteiger partial charge in [0, 0.05) is 31.6 Å². The molecule has 0 atom stereocenters. The van der Waals surface area contributed by atoms with E-state index in [0.717, 1.165) is 37.0 Å². The van der Waals surface area contributed by atoms with Crippen LogP contribution in [0.3, 0.4) is 0 Å². The maximum Gasteiger partial charge on any atom is 0.251 e. The first-order valence-electron chi connectivity index (χ1n) is 10.9. The number of hydrogen-bond donors (Lipinski definition) is 1. The minimum absolute atomic E-state index is 0.168. The first-order chi connectivity index (χ1) is 15.1. The van der Waals surface area contributed by atoms with Gasteiger partial charge in [-0.05, 0) is 49.2 Å². The Morgan fingerprint density at radius 3 is 2.42 bits per heavy atom. The van der Waals surface area contributed by atoms with Gasteiger partial charge < -0.3 is 14.8 Å². The van der Waals surface area contributed by atoms with Crippen molar-refractivity contribution in [3.8, 4) is 0 Å². The van der Waals surface area contributed by atoms with Crippen LogP contribution in [0.1, 0.15) is 48.3 Å². The fourth-order valence-electron chi connectivity index (χ4n) is 4.06. The average molecular weight is 423 g/mol. The number of halogens is 1. The summed E-state index contributed by atoms with van der Waals surface area (Å²) in [6.07, 6.45) is 4.92. The third kappa shape index (κ3) is 5.10. The van der Waals surface area contributed by atoms with Crippen molar-refractivity contribution in [1.29, 1.82) is 0 Å². The number of fused-ring (bicyclic) bond motifs is 1. The van der Waals surface area contributed by atoms with Gasteiger partial charge in [0.25, 0.3) is 5.91 Å². The van der Waals surface area contributed by atoms with Crippen molar-refractivity contribution < 1.29 is 14.0 Å². The molecule has 2 aromatic carbocycles. The molecule has 3 aromatic rings. The zero-order chi connectivity index (χ0) is 21.6. The summed E-state index contributed by atoms with van der Waals surface area (Å²) in [7, 11) is 0. The molecule has 162 valence electrons. The van der Waals surface area contributed by atoms with E-state index in [9.17, 15) is 14.0 Å². The second-order valence-corrected chi connectivity index (χ2v) is 7.90. The molecule has 4 rings (SSSR count). The quantitative estimate of drug-likeness (QED) is 0.655. The maximum absolute atomic E-state index is 13.1. The van der Waals surface area contributed by atoms with Crippen molar-refractivity contribution in [3.05, 3.63) is 65.7 Å². The molecular formula is C24H27FN4O2. The second-order valence-electron chi connectivity index (χ2n) is 7.90. The lowest BCUT2D eigenvalue weighted by atomic mass is 10.2. The Morgan fingerprint density at radius 1 is 0.968 bits per heavy atom. The van der Waals surface area contributed by atoms with E-state index in [1.807, 2.05) is 33.7 Å². The Labute approximate surface area is 181 Å².